The van der Waals surface area contributed by atoms with E-state index in [0.29, 0.717) is 46.5 Å². The summed E-state index contributed by atoms with van der Waals surface area (Å²) in [6, 6.07) is 7.39. The molecule has 0 spiro atoms. The fraction of sp³-hybridized carbons (Fsp3) is 0.448. The van der Waals surface area contributed by atoms with Gasteiger partial charge in [0.05, 0.1) is 18.0 Å². The molecule has 0 bridgehead atoms. The average Bonchev–Trinajstić information content (AvgIpc) is 3.72. The number of aromatic nitrogens is 5. The number of halogens is 2. The Morgan fingerprint density at radius 3 is 2.40 bits per heavy atom. The fourth-order valence-electron chi connectivity index (χ4n) is 5.73. The second-order valence-electron chi connectivity index (χ2n) is 10.9. The van der Waals surface area contributed by atoms with Gasteiger partial charge < -0.3 is 15.2 Å². The number of rotatable bonds is 7. The number of pyridine rings is 1. The molecule has 4 heterocycles. The molecule has 1 atom stereocenters. The topological polar surface area (TPSA) is 135 Å². The van der Waals surface area contributed by atoms with Gasteiger partial charge in [-0.15, -0.1) is 0 Å². The van der Waals surface area contributed by atoms with Gasteiger partial charge in [-0.1, -0.05) is 13.0 Å². The van der Waals surface area contributed by atoms with Gasteiger partial charge in [-0.25, -0.2) is 28.7 Å². The summed E-state index contributed by atoms with van der Waals surface area (Å²) in [5.41, 5.74) is 2.59. The minimum Gasteiger partial charge on any atom is -0.325 e. The van der Waals surface area contributed by atoms with Crippen LogP contribution in [0.1, 0.15) is 62.4 Å². The first-order valence-corrected chi connectivity index (χ1v) is 15.9. The number of hydrogen-bond donors (Lipinski definition) is 3. The molecule has 1 saturated heterocycles. The Hall–Kier alpha value is -3.55. The highest BCUT2D eigenvalue weighted by molar-refractivity contribution is 7.85. The van der Waals surface area contributed by atoms with Crippen LogP contribution in [0, 0.1) is 24.5 Å². The molecule has 1 aliphatic carbocycles. The maximum absolute atomic E-state index is 15.0. The van der Waals surface area contributed by atoms with Crippen molar-refractivity contribution in [2.24, 2.45) is 5.92 Å². The smallest absolute Gasteiger partial charge is 0.261 e. The van der Waals surface area contributed by atoms with Crippen molar-refractivity contribution in [2.45, 2.75) is 57.9 Å². The Kier molecular flexibility index (Phi) is 8.81. The molecule has 10 nitrogen and oxygen atoms in total. The molecule has 42 heavy (non-hydrogen) atoms. The Labute approximate surface area is 243 Å². The van der Waals surface area contributed by atoms with Crippen molar-refractivity contribution in [2.75, 3.05) is 24.7 Å². The zero-order chi connectivity index (χ0) is 30.0. The predicted molar refractivity (Wildman–Crippen MR) is 157 cm³/mol. The maximum Gasteiger partial charge on any atom is 0.261 e. The molecule has 1 unspecified atom stereocenters. The van der Waals surface area contributed by atoms with E-state index in [-0.39, 0.29) is 11.6 Å². The number of aryl methyl sites for hydroxylation is 1. The van der Waals surface area contributed by atoms with E-state index in [1.54, 1.807) is 6.07 Å². The standard InChI is InChI=1S/C28H31F2N7.CH4O3S/c1-3-21(17-8-10-31-11-9-17)18-4-7-25(32-14-18)35-28-33-15-23(30)26(36-28)19-12-22(29)27-24(13-19)37(16(2)34-27)20-5-6-20;1-5(2,3)4/h4,7,12-15,17,20-21,31H,3,5-6,8-11H2,1-2H3,(H,32,33,35,36);1H3,(H,2,3,4). The van der Waals surface area contributed by atoms with Crippen LogP contribution in [0.15, 0.2) is 36.7 Å². The number of nitrogens with one attached hydrogen (secondary N) is 2. The van der Waals surface area contributed by atoms with Crippen LogP contribution in [0.5, 0.6) is 0 Å². The van der Waals surface area contributed by atoms with Crippen LogP contribution >= 0.6 is 0 Å². The Bertz CT molecular complexity index is 1660. The van der Waals surface area contributed by atoms with Crippen LogP contribution in [-0.2, 0) is 10.1 Å². The van der Waals surface area contributed by atoms with Crippen LogP contribution in [0.25, 0.3) is 22.3 Å². The lowest BCUT2D eigenvalue weighted by molar-refractivity contribution is 0.312. The largest absolute Gasteiger partial charge is 0.325 e. The van der Waals surface area contributed by atoms with Gasteiger partial charge in [-0.05, 0) is 87.7 Å². The molecule has 0 radical (unpaired) electrons. The molecule has 6 rings (SSSR count). The normalized spacial score (nSPS) is 16.6. The van der Waals surface area contributed by atoms with Gasteiger partial charge >= 0.3 is 0 Å². The van der Waals surface area contributed by atoms with Crippen molar-refractivity contribution in [3.8, 4) is 11.3 Å². The highest BCUT2D eigenvalue weighted by Gasteiger charge is 2.28. The van der Waals surface area contributed by atoms with Gasteiger partial charge in [-0.3, -0.25) is 4.55 Å². The van der Waals surface area contributed by atoms with Crippen LogP contribution in [0.3, 0.4) is 0 Å². The first-order chi connectivity index (χ1) is 20.0. The van der Waals surface area contributed by atoms with Crippen LogP contribution < -0.4 is 10.6 Å². The number of benzene rings is 1. The zero-order valence-electron chi connectivity index (χ0n) is 23.8. The summed E-state index contributed by atoms with van der Waals surface area (Å²) < 4.78 is 57.7. The number of fused-ring (bicyclic) bond motifs is 1. The second kappa shape index (κ2) is 12.4. The van der Waals surface area contributed by atoms with E-state index >= 15 is 0 Å². The minimum absolute atomic E-state index is 0.0353. The molecule has 1 saturated carbocycles. The third-order valence-electron chi connectivity index (χ3n) is 7.70. The number of piperidine rings is 1. The summed E-state index contributed by atoms with van der Waals surface area (Å²) in [6.45, 7) is 6.24. The van der Waals surface area contributed by atoms with Crippen LogP contribution in [0.4, 0.5) is 20.5 Å². The van der Waals surface area contributed by atoms with E-state index in [9.17, 15) is 17.2 Å². The molecule has 1 aromatic carbocycles. The lowest BCUT2D eigenvalue weighted by atomic mass is 9.79. The SMILES string of the molecule is CCC(c1ccc(Nc2ncc(F)c(-c3cc(F)c4nc(C)n(C5CC5)c4c3)n2)nc1)C1CCNCC1.CS(=O)(=O)O. The Morgan fingerprint density at radius 2 is 1.79 bits per heavy atom. The molecule has 13 heteroatoms. The number of nitrogens with zero attached hydrogens (tertiary/aromatic N) is 5. The first kappa shape index (κ1) is 29.9. The number of imidazole rings is 1. The molecule has 4 aromatic rings. The molecule has 2 aliphatic rings. The summed E-state index contributed by atoms with van der Waals surface area (Å²) in [6.07, 6.45) is 9.24. The molecule has 224 valence electrons. The summed E-state index contributed by atoms with van der Waals surface area (Å²) in [5.74, 6) is 1.58. The lowest BCUT2D eigenvalue weighted by Gasteiger charge is -2.30. The lowest BCUT2D eigenvalue weighted by Crippen LogP contribution is -2.30. The Morgan fingerprint density at radius 1 is 1.07 bits per heavy atom. The molecule has 1 aliphatic heterocycles. The maximum atomic E-state index is 15.0. The van der Waals surface area contributed by atoms with Crippen LogP contribution in [-0.4, -0.2) is 56.8 Å². The summed E-state index contributed by atoms with van der Waals surface area (Å²) in [5, 5.41) is 6.51. The third-order valence-corrected chi connectivity index (χ3v) is 7.70. The predicted octanol–water partition coefficient (Wildman–Crippen LogP) is 5.55. The van der Waals surface area contributed by atoms with Gasteiger partial charge in [0.2, 0.25) is 5.95 Å². The van der Waals surface area contributed by atoms with Gasteiger partial charge in [0.15, 0.2) is 11.6 Å². The zero-order valence-corrected chi connectivity index (χ0v) is 24.6. The first-order valence-electron chi connectivity index (χ1n) is 14.1. The van der Waals surface area contributed by atoms with E-state index in [1.165, 1.54) is 24.5 Å². The third kappa shape index (κ3) is 7.08. The van der Waals surface area contributed by atoms with Crippen LogP contribution in [0.2, 0.25) is 0 Å². The average molecular weight is 600 g/mol. The van der Waals surface area contributed by atoms with Crippen molar-refractivity contribution in [3.05, 3.63) is 59.7 Å². The highest BCUT2D eigenvalue weighted by atomic mass is 32.2. The van der Waals surface area contributed by atoms with Crippen molar-refractivity contribution < 1.29 is 21.8 Å². The summed E-state index contributed by atoms with van der Waals surface area (Å²) in [4.78, 5) is 17.5. The molecular formula is C29H35F2N7O3S. The van der Waals surface area contributed by atoms with Crippen molar-refractivity contribution in [1.29, 1.82) is 0 Å². The van der Waals surface area contributed by atoms with Crippen molar-refractivity contribution >= 4 is 32.9 Å². The highest BCUT2D eigenvalue weighted by Crippen LogP contribution is 2.40. The fourth-order valence-corrected chi connectivity index (χ4v) is 5.73. The second-order valence-corrected chi connectivity index (χ2v) is 12.4. The Balaban J connectivity index is 0.000000652. The van der Waals surface area contributed by atoms with E-state index in [2.05, 4.69) is 43.6 Å². The molecule has 0 amide bonds. The summed E-state index contributed by atoms with van der Waals surface area (Å²) in [7, 11) is -3.67. The van der Waals surface area contributed by atoms with Gasteiger partial charge in [0, 0.05) is 17.8 Å². The van der Waals surface area contributed by atoms with E-state index in [4.69, 9.17) is 4.55 Å². The van der Waals surface area contributed by atoms with E-state index < -0.39 is 21.8 Å². The number of hydrogen-bond acceptors (Lipinski definition) is 8. The molecule has 2 fully saturated rings. The van der Waals surface area contributed by atoms with Gasteiger partial charge in [-0.2, -0.15) is 8.42 Å². The van der Waals surface area contributed by atoms with Gasteiger partial charge in [0.25, 0.3) is 10.1 Å². The molecule has 3 aromatic heterocycles. The minimum atomic E-state index is -3.67. The van der Waals surface area contributed by atoms with E-state index in [1.807, 2.05) is 23.8 Å². The quantitative estimate of drug-likeness (QED) is 0.234. The van der Waals surface area contributed by atoms with E-state index in [0.717, 1.165) is 44.4 Å². The van der Waals surface area contributed by atoms with Crippen molar-refractivity contribution in [1.82, 2.24) is 29.8 Å². The summed E-state index contributed by atoms with van der Waals surface area (Å²) >= 11 is 0. The van der Waals surface area contributed by atoms with Crippen molar-refractivity contribution in [3.63, 3.8) is 0 Å². The number of anilines is 2. The molecule has 3 N–H and O–H groups in total. The van der Waals surface area contributed by atoms with Gasteiger partial charge in [0.1, 0.15) is 22.9 Å². The monoisotopic (exact) mass is 599 g/mol. The molecular weight excluding hydrogens is 564 g/mol.